The van der Waals surface area contributed by atoms with E-state index in [1.54, 1.807) is 0 Å². The zero-order valence-corrected chi connectivity index (χ0v) is 10.9. The second-order valence-electron chi connectivity index (χ2n) is 4.54. The van der Waals surface area contributed by atoms with E-state index in [0.717, 1.165) is 29.9 Å². The molecule has 1 unspecified atom stereocenters. The molecular formula is C13H18N4O2. The number of morpholine rings is 1. The molecular weight excluding hydrogens is 244 g/mol. The fraction of sp³-hybridized carbons (Fsp3) is 0.462. The maximum absolute atomic E-state index is 5.81. The molecule has 6 heteroatoms. The van der Waals surface area contributed by atoms with Gasteiger partial charge >= 0.3 is 0 Å². The van der Waals surface area contributed by atoms with Crippen molar-refractivity contribution in [2.75, 3.05) is 38.7 Å². The number of fused-ring (bicyclic) bond motifs is 1. The zero-order chi connectivity index (χ0) is 13.1. The third kappa shape index (κ3) is 2.64. The van der Waals surface area contributed by atoms with Gasteiger partial charge in [0.05, 0.1) is 24.9 Å². The van der Waals surface area contributed by atoms with Gasteiger partial charge in [0.25, 0.3) is 0 Å². The Morgan fingerprint density at radius 2 is 2.53 bits per heavy atom. The summed E-state index contributed by atoms with van der Waals surface area (Å²) in [6.45, 7) is 2.87. The Hall–Kier alpha value is -1.79. The Morgan fingerprint density at radius 1 is 1.58 bits per heavy atom. The van der Waals surface area contributed by atoms with Gasteiger partial charge in [-0.3, -0.25) is 0 Å². The van der Waals surface area contributed by atoms with Crippen LogP contribution < -0.4 is 15.4 Å². The lowest BCUT2D eigenvalue weighted by Crippen LogP contribution is -2.44. The average molecular weight is 262 g/mol. The lowest BCUT2D eigenvalue weighted by Gasteiger charge is -2.23. The summed E-state index contributed by atoms with van der Waals surface area (Å²) in [6, 6.07) is 4.24. The first-order valence-corrected chi connectivity index (χ1v) is 6.46. The molecule has 19 heavy (non-hydrogen) atoms. The maximum Gasteiger partial charge on any atom is 0.239 e. The van der Waals surface area contributed by atoms with Crippen molar-refractivity contribution in [3.63, 3.8) is 0 Å². The van der Waals surface area contributed by atoms with E-state index in [0.29, 0.717) is 19.1 Å². The molecule has 0 bridgehead atoms. The quantitative estimate of drug-likeness (QED) is 0.766. The van der Waals surface area contributed by atoms with Crippen LogP contribution in [0.3, 0.4) is 0 Å². The Bertz CT molecular complexity index is 549. The van der Waals surface area contributed by atoms with Gasteiger partial charge in [0.2, 0.25) is 5.88 Å². The molecule has 3 rings (SSSR count). The molecule has 1 fully saturated rings. The van der Waals surface area contributed by atoms with Crippen molar-refractivity contribution in [3.8, 4) is 5.88 Å². The summed E-state index contributed by atoms with van der Waals surface area (Å²) >= 11 is 0. The third-order valence-corrected chi connectivity index (χ3v) is 3.19. The van der Waals surface area contributed by atoms with Crippen LogP contribution in [-0.4, -0.2) is 49.4 Å². The zero-order valence-electron chi connectivity index (χ0n) is 10.9. The minimum atomic E-state index is 0.222. The van der Waals surface area contributed by atoms with Crippen molar-refractivity contribution >= 4 is 16.7 Å². The minimum absolute atomic E-state index is 0.222. The van der Waals surface area contributed by atoms with Crippen molar-refractivity contribution in [2.45, 2.75) is 6.04 Å². The lowest BCUT2D eigenvalue weighted by molar-refractivity contribution is 0.0587. The smallest absolute Gasteiger partial charge is 0.239 e. The first-order valence-electron chi connectivity index (χ1n) is 6.46. The van der Waals surface area contributed by atoms with Gasteiger partial charge in [-0.25, -0.2) is 0 Å². The third-order valence-electron chi connectivity index (χ3n) is 3.19. The van der Waals surface area contributed by atoms with E-state index >= 15 is 0 Å². The number of pyridine rings is 1. The number of ether oxygens (including phenoxy) is 2. The Morgan fingerprint density at radius 3 is 3.32 bits per heavy atom. The van der Waals surface area contributed by atoms with E-state index in [1.165, 1.54) is 0 Å². The number of hydrogen-bond donors (Lipinski definition) is 3. The van der Waals surface area contributed by atoms with Crippen LogP contribution in [0.5, 0.6) is 5.88 Å². The van der Waals surface area contributed by atoms with Crippen molar-refractivity contribution in [1.29, 1.82) is 0 Å². The molecule has 0 saturated carbocycles. The summed E-state index contributed by atoms with van der Waals surface area (Å²) in [6.07, 6.45) is 1.87. The lowest BCUT2D eigenvalue weighted by atomic mass is 10.3. The molecule has 0 amide bonds. The number of H-pyrrole nitrogens is 1. The molecule has 0 aromatic carbocycles. The monoisotopic (exact) mass is 262 g/mol. The van der Waals surface area contributed by atoms with Crippen molar-refractivity contribution in [3.05, 3.63) is 18.3 Å². The Kier molecular flexibility index (Phi) is 3.52. The Balaban J connectivity index is 1.74. The highest BCUT2D eigenvalue weighted by Crippen LogP contribution is 2.26. The van der Waals surface area contributed by atoms with Gasteiger partial charge in [0.15, 0.2) is 0 Å². The van der Waals surface area contributed by atoms with E-state index in [-0.39, 0.29) is 6.04 Å². The molecule has 1 aliphatic rings. The van der Waals surface area contributed by atoms with Crippen LogP contribution in [0.25, 0.3) is 11.0 Å². The molecule has 0 aliphatic carbocycles. The molecule has 2 aromatic rings. The van der Waals surface area contributed by atoms with Crippen LogP contribution in [0.1, 0.15) is 0 Å². The first kappa shape index (κ1) is 12.3. The normalized spacial score (nSPS) is 19.5. The number of nitrogens with zero attached hydrogens (tertiary/aromatic N) is 1. The number of anilines is 1. The minimum Gasteiger partial charge on any atom is -0.474 e. The summed E-state index contributed by atoms with van der Waals surface area (Å²) in [5.74, 6) is 0.616. The van der Waals surface area contributed by atoms with Crippen LogP contribution >= 0.6 is 0 Å². The highest BCUT2D eigenvalue weighted by atomic mass is 16.5. The summed E-state index contributed by atoms with van der Waals surface area (Å²) in [7, 11) is 1.87. The van der Waals surface area contributed by atoms with Gasteiger partial charge in [-0.05, 0) is 12.1 Å². The molecule has 1 aliphatic heterocycles. The average Bonchev–Trinajstić information content (AvgIpc) is 2.92. The summed E-state index contributed by atoms with van der Waals surface area (Å²) in [5, 5.41) is 7.53. The van der Waals surface area contributed by atoms with E-state index in [1.807, 2.05) is 25.4 Å². The van der Waals surface area contributed by atoms with Crippen molar-refractivity contribution < 1.29 is 9.47 Å². The Labute approximate surface area is 111 Å². The number of aromatic nitrogens is 2. The van der Waals surface area contributed by atoms with Gasteiger partial charge in [-0.15, -0.1) is 0 Å². The van der Waals surface area contributed by atoms with Crippen LogP contribution in [0, 0.1) is 0 Å². The predicted molar refractivity (Wildman–Crippen MR) is 73.7 cm³/mol. The summed E-state index contributed by atoms with van der Waals surface area (Å²) in [4.78, 5) is 7.57. The summed E-state index contributed by atoms with van der Waals surface area (Å²) in [5.41, 5.74) is 1.73. The molecule has 6 nitrogen and oxygen atoms in total. The molecule has 0 spiro atoms. The number of hydrogen-bond acceptors (Lipinski definition) is 5. The van der Waals surface area contributed by atoms with Gasteiger partial charge in [-0.1, -0.05) is 0 Å². The fourth-order valence-corrected chi connectivity index (χ4v) is 2.16. The summed E-state index contributed by atoms with van der Waals surface area (Å²) < 4.78 is 11.2. The van der Waals surface area contributed by atoms with Crippen molar-refractivity contribution in [1.82, 2.24) is 15.3 Å². The van der Waals surface area contributed by atoms with E-state index in [2.05, 4.69) is 20.6 Å². The molecule has 1 saturated heterocycles. The van der Waals surface area contributed by atoms with E-state index in [9.17, 15) is 0 Å². The van der Waals surface area contributed by atoms with Gasteiger partial charge in [0, 0.05) is 25.2 Å². The number of aromatic amines is 1. The molecule has 1 atom stereocenters. The molecule has 0 radical (unpaired) electrons. The number of nitrogens with one attached hydrogen (secondary N) is 3. The van der Waals surface area contributed by atoms with Crippen LogP contribution in [-0.2, 0) is 4.74 Å². The van der Waals surface area contributed by atoms with Gasteiger partial charge in [-0.2, -0.15) is 4.98 Å². The van der Waals surface area contributed by atoms with Crippen LogP contribution in [0.2, 0.25) is 0 Å². The van der Waals surface area contributed by atoms with Gasteiger partial charge < -0.3 is 25.1 Å². The molecule has 2 aromatic heterocycles. The highest BCUT2D eigenvalue weighted by molar-refractivity contribution is 5.81. The van der Waals surface area contributed by atoms with E-state index in [4.69, 9.17) is 9.47 Å². The SMILES string of the molecule is CNc1cc2cc[nH]c2nc1OCC1COCCN1. The van der Waals surface area contributed by atoms with Crippen LogP contribution in [0.15, 0.2) is 18.3 Å². The van der Waals surface area contributed by atoms with Gasteiger partial charge in [0.1, 0.15) is 12.3 Å². The second kappa shape index (κ2) is 5.46. The molecule has 3 heterocycles. The molecule has 3 N–H and O–H groups in total. The highest BCUT2D eigenvalue weighted by Gasteiger charge is 2.15. The standard InChI is InChI=1S/C13H18N4O2/c1-14-11-6-9-2-3-16-12(9)17-13(11)19-8-10-7-18-5-4-15-10/h2-3,6,10,14-15H,4-5,7-8H2,1H3,(H,16,17). The predicted octanol–water partition coefficient (Wildman–Crippen LogP) is 0.972. The second-order valence-corrected chi connectivity index (χ2v) is 4.54. The van der Waals surface area contributed by atoms with Crippen LogP contribution in [0.4, 0.5) is 5.69 Å². The van der Waals surface area contributed by atoms with E-state index < -0.39 is 0 Å². The first-order chi connectivity index (χ1) is 9.36. The molecule has 102 valence electrons. The fourth-order valence-electron chi connectivity index (χ4n) is 2.16. The maximum atomic E-state index is 5.81. The largest absolute Gasteiger partial charge is 0.474 e. The van der Waals surface area contributed by atoms with Crippen molar-refractivity contribution in [2.24, 2.45) is 0 Å². The topological polar surface area (TPSA) is 71.2 Å². The number of rotatable bonds is 4.